The van der Waals surface area contributed by atoms with Crippen molar-refractivity contribution in [3.63, 3.8) is 0 Å². The van der Waals surface area contributed by atoms with E-state index >= 15 is 0 Å². The normalized spacial score (nSPS) is 9.89. The number of carbonyl (C=O) groups excluding carboxylic acids is 3. The van der Waals surface area contributed by atoms with Crippen LogP contribution in [0.25, 0.3) is 0 Å². The van der Waals surface area contributed by atoms with Crippen molar-refractivity contribution in [1.29, 1.82) is 10.5 Å². The van der Waals surface area contributed by atoms with E-state index in [-0.39, 0.29) is 17.7 Å². The SMILES string of the molecule is N#Cc1ccc(C(=O)Nc2ccc(NC(=O)c3ccc(NC(=O)c4ccc(C#N)cc4)cc3)cc2)cc1. The van der Waals surface area contributed by atoms with Crippen LogP contribution in [0.3, 0.4) is 0 Å². The predicted molar refractivity (Wildman–Crippen MR) is 139 cm³/mol. The molecular weight excluding hydrogens is 466 g/mol. The Morgan fingerprint density at radius 2 is 0.676 bits per heavy atom. The zero-order valence-electron chi connectivity index (χ0n) is 19.4. The molecule has 0 aliphatic heterocycles. The Labute approximate surface area is 212 Å². The Morgan fingerprint density at radius 1 is 0.432 bits per heavy atom. The molecule has 0 fully saturated rings. The molecule has 0 radical (unpaired) electrons. The van der Waals surface area contributed by atoms with E-state index in [9.17, 15) is 14.4 Å². The molecule has 8 heteroatoms. The summed E-state index contributed by atoms with van der Waals surface area (Å²) in [7, 11) is 0. The third kappa shape index (κ3) is 6.24. The highest BCUT2D eigenvalue weighted by Crippen LogP contribution is 2.17. The summed E-state index contributed by atoms with van der Waals surface area (Å²) in [6, 6.07) is 29.7. The summed E-state index contributed by atoms with van der Waals surface area (Å²) in [5.41, 5.74) is 3.79. The molecule has 4 aromatic carbocycles. The van der Waals surface area contributed by atoms with Crippen molar-refractivity contribution in [3.05, 3.63) is 125 Å². The van der Waals surface area contributed by atoms with Gasteiger partial charge in [0.2, 0.25) is 0 Å². The summed E-state index contributed by atoms with van der Waals surface area (Å²) < 4.78 is 0. The third-order valence-electron chi connectivity index (χ3n) is 5.36. The molecule has 0 saturated heterocycles. The average molecular weight is 486 g/mol. The first kappa shape index (κ1) is 24.4. The van der Waals surface area contributed by atoms with Crippen LogP contribution in [-0.2, 0) is 0 Å². The van der Waals surface area contributed by atoms with Crippen molar-refractivity contribution in [1.82, 2.24) is 0 Å². The van der Waals surface area contributed by atoms with Gasteiger partial charge in [-0.3, -0.25) is 14.4 Å². The molecule has 0 heterocycles. The third-order valence-corrected chi connectivity index (χ3v) is 5.36. The molecule has 0 spiro atoms. The molecule has 0 aromatic heterocycles. The summed E-state index contributed by atoms with van der Waals surface area (Å²) in [4.78, 5) is 37.3. The number of hydrogen-bond acceptors (Lipinski definition) is 5. The standard InChI is InChI=1S/C29H19N5O3/c30-17-19-1-5-21(6-2-19)27(35)32-24-11-9-23(10-12-24)29(37)34-26-15-13-25(14-16-26)33-28(36)22-7-3-20(18-31)4-8-22/h1-16H,(H,32,35)(H,33,36)(H,34,37). The van der Waals surface area contributed by atoms with Crippen LogP contribution in [-0.4, -0.2) is 17.7 Å². The van der Waals surface area contributed by atoms with Gasteiger partial charge in [-0.1, -0.05) is 0 Å². The topological polar surface area (TPSA) is 135 Å². The fourth-order valence-electron chi connectivity index (χ4n) is 3.34. The van der Waals surface area contributed by atoms with Crippen molar-refractivity contribution in [2.75, 3.05) is 16.0 Å². The van der Waals surface area contributed by atoms with E-state index in [1.165, 1.54) is 0 Å². The van der Waals surface area contributed by atoms with E-state index in [1.54, 1.807) is 97.1 Å². The molecular formula is C29H19N5O3. The van der Waals surface area contributed by atoms with Crippen LogP contribution >= 0.6 is 0 Å². The van der Waals surface area contributed by atoms with Gasteiger partial charge in [-0.05, 0) is 97.1 Å². The van der Waals surface area contributed by atoms with Crippen LogP contribution in [0.15, 0.2) is 97.1 Å². The first-order valence-corrected chi connectivity index (χ1v) is 11.1. The number of carbonyl (C=O) groups is 3. The lowest BCUT2D eigenvalue weighted by molar-refractivity contribution is 0.101. The summed E-state index contributed by atoms with van der Waals surface area (Å²) >= 11 is 0. The largest absolute Gasteiger partial charge is 0.322 e. The zero-order valence-corrected chi connectivity index (χ0v) is 19.4. The van der Waals surface area contributed by atoms with Gasteiger partial charge >= 0.3 is 0 Å². The Bertz CT molecular complexity index is 1530. The van der Waals surface area contributed by atoms with E-state index in [0.29, 0.717) is 44.9 Å². The lowest BCUT2D eigenvalue weighted by Crippen LogP contribution is -2.14. The molecule has 0 atom stereocenters. The monoisotopic (exact) mass is 485 g/mol. The second-order valence-corrected chi connectivity index (χ2v) is 7.90. The van der Waals surface area contributed by atoms with Gasteiger partial charge in [0.15, 0.2) is 0 Å². The maximum Gasteiger partial charge on any atom is 0.255 e. The van der Waals surface area contributed by atoms with Crippen LogP contribution in [0.1, 0.15) is 42.2 Å². The van der Waals surface area contributed by atoms with E-state index in [1.807, 2.05) is 12.1 Å². The maximum absolute atomic E-state index is 12.6. The van der Waals surface area contributed by atoms with Gasteiger partial charge in [-0.2, -0.15) is 10.5 Å². The van der Waals surface area contributed by atoms with Gasteiger partial charge < -0.3 is 16.0 Å². The van der Waals surface area contributed by atoms with Gasteiger partial charge in [0.05, 0.1) is 23.3 Å². The number of nitriles is 2. The molecule has 37 heavy (non-hydrogen) atoms. The molecule has 0 aliphatic rings. The Kier molecular flexibility index (Phi) is 7.34. The first-order valence-electron chi connectivity index (χ1n) is 11.1. The van der Waals surface area contributed by atoms with Crippen LogP contribution in [0, 0.1) is 22.7 Å². The number of rotatable bonds is 6. The Hall–Kier alpha value is -5.73. The van der Waals surface area contributed by atoms with Gasteiger partial charge in [0, 0.05) is 33.8 Å². The van der Waals surface area contributed by atoms with Crippen LogP contribution in [0.4, 0.5) is 17.1 Å². The Balaban J connectivity index is 1.32. The lowest BCUT2D eigenvalue weighted by Gasteiger charge is -2.09. The number of benzene rings is 4. The number of amides is 3. The second kappa shape index (κ2) is 11.1. The predicted octanol–water partition coefficient (Wildman–Crippen LogP) is 5.19. The highest BCUT2D eigenvalue weighted by molar-refractivity contribution is 6.07. The molecule has 178 valence electrons. The van der Waals surface area contributed by atoms with E-state index in [2.05, 4.69) is 16.0 Å². The summed E-state index contributed by atoms with van der Waals surface area (Å²) in [5, 5.41) is 26.0. The summed E-state index contributed by atoms with van der Waals surface area (Å²) in [5.74, 6) is -0.972. The van der Waals surface area contributed by atoms with E-state index in [0.717, 1.165) is 0 Å². The molecule has 3 amide bonds. The second-order valence-electron chi connectivity index (χ2n) is 7.90. The molecule has 3 N–H and O–H groups in total. The van der Waals surface area contributed by atoms with Crippen LogP contribution in [0.5, 0.6) is 0 Å². The summed E-state index contributed by atoms with van der Waals surface area (Å²) in [6.45, 7) is 0. The number of nitrogens with zero attached hydrogens (tertiary/aromatic N) is 2. The van der Waals surface area contributed by atoms with Crippen molar-refractivity contribution in [2.45, 2.75) is 0 Å². The molecule has 0 bridgehead atoms. The van der Waals surface area contributed by atoms with Crippen LogP contribution < -0.4 is 16.0 Å². The highest BCUT2D eigenvalue weighted by Gasteiger charge is 2.10. The molecule has 4 rings (SSSR count). The van der Waals surface area contributed by atoms with E-state index < -0.39 is 0 Å². The van der Waals surface area contributed by atoms with Crippen LogP contribution in [0.2, 0.25) is 0 Å². The minimum absolute atomic E-state index is 0.312. The van der Waals surface area contributed by atoms with Gasteiger partial charge in [-0.15, -0.1) is 0 Å². The maximum atomic E-state index is 12.6. The smallest absolute Gasteiger partial charge is 0.255 e. The Morgan fingerprint density at radius 3 is 0.946 bits per heavy atom. The fourth-order valence-corrected chi connectivity index (χ4v) is 3.34. The number of nitrogens with one attached hydrogen (secondary N) is 3. The first-order chi connectivity index (χ1) is 17.9. The highest BCUT2D eigenvalue weighted by atomic mass is 16.2. The van der Waals surface area contributed by atoms with Crippen molar-refractivity contribution in [2.24, 2.45) is 0 Å². The number of anilines is 3. The summed E-state index contributed by atoms with van der Waals surface area (Å²) in [6.07, 6.45) is 0. The molecule has 0 unspecified atom stereocenters. The quantitative estimate of drug-likeness (QED) is 0.346. The minimum atomic E-state index is -0.334. The van der Waals surface area contributed by atoms with Gasteiger partial charge in [-0.25, -0.2) is 0 Å². The van der Waals surface area contributed by atoms with Gasteiger partial charge in [0.25, 0.3) is 17.7 Å². The lowest BCUT2D eigenvalue weighted by atomic mass is 10.1. The van der Waals surface area contributed by atoms with Crippen molar-refractivity contribution in [3.8, 4) is 12.1 Å². The van der Waals surface area contributed by atoms with Crippen molar-refractivity contribution >= 4 is 34.8 Å². The number of hydrogen-bond donors (Lipinski definition) is 3. The minimum Gasteiger partial charge on any atom is -0.322 e. The fraction of sp³-hybridized carbons (Fsp3) is 0. The van der Waals surface area contributed by atoms with Crippen molar-refractivity contribution < 1.29 is 14.4 Å². The van der Waals surface area contributed by atoms with E-state index in [4.69, 9.17) is 10.5 Å². The molecule has 4 aromatic rings. The molecule has 0 saturated carbocycles. The molecule has 8 nitrogen and oxygen atoms in total. The average Bonchev–Trinajstić information content (AvgIpc) is 2.94. The van der Waals surface area contributed by atoms with Gasteiger partial charge in [0.1, 0.15) is 0 Å². The zero-order chi connectivity index (χ0) is 26.2. The molecule has 0 aliphatic carbocycles.